The molecule has 0 aliphatic rings. The molecule has 0 radical (unpaired) electrons. The maximum Gasteiger partial charge on any atom is 0.131 e. The van der Waals surface area contributed by atoms with Gasteiger partial charge in [-0.25, -0.2) is 0 Å². The second-order valence-electron chi connectivity index (χ2n) is 4.59. The fourth-order valence-electron chi connectivity index (χ4n) is 1.93. The van der Waals surface area contributed by atoms with Gasteiger partial charge < -0.3 is 10.5 Å². The molecule has 2 N–H and O–H groups in total. The van der Waals surface area contributed by atoms with Gasteiger partial charge in [0.1, 0.15) is 5.75 Å². The minimum atomic E-state index is -0.0512. The van der Waals surface area contributed by atoms with Crippen LogP contribution in [0.15, 0.2) is 36.7 Å². The predicted molar refractivity (Wildman–Crippen MR) is 76.7 cm³/mol. The Bertz CT molecular complexity index is 585. The fraction of sp³-hybridized carbons (Fsp3) is 0.267. The minimum absolute atomic E-state index is 0.0512. The van der Waals surface area contributed by atoms with Crippen LogP contribution in [0.3, 0.4) is 0 Å². The number of aryl methyl sites for hydroxylation is 2. The lowest BCUT2D eigenvalue weighted by atomic mass is 10.1. The molecule has 1 aromatic carbocycles. The van der Waals surface area contributed by atoms with Gasteiger partial charge in [-0.3, -0.25) is 4.68 Å². The van der Waals surface area contributed by atoms with Crippen LogP contribution in [0.2, 0.25) is 0 Å². The molecule has 1 atom stereocenters. The summed E-state index contributed by atoms with van der Waals surface area (Å²) in [5, 5.41) is 4.27. The van der Waals surface area contributed by atoms with Gasteiger partial charge in [-0.05, 0) is 26.0 Å². The highest BCUT2D eigenvalue weighted by molar-refractivity contribution is 5.50. The molecular weight excluding hydrogens is 238 g/mol. The summed E-state index contributed by atoms with van der Waals surface area (Å²) in [6, 6.07) is 7.73. The smallest absolute Gasteiger partial charge is 0.131 e. The first-order valence-electron chi connectivity index (χ1n) is 6.26. The van der Waals surface area contributed by atoms with Gasteiger partial charge in [0, 0.05) is 30.4 Å². The second kappa shape index (κ2) is 5.71. The number of ether oxygens (including phenoxy) is 1. The molecule has 0 aliphatic heterocycles. The molecule has 0 saturated heterocycles. The zero-order valence-corrected chi connectivity index (χ0v) is 11.5. The van der Waals surface area contributed by atoms with E-state index in [0.29, 0.717) is 0 Å². The molecule has 19 heavy (non-hydrogen) atoms. The zero-order valence-electron chi connectivity index (χ0n) is 11.5. The number of para-hydroxylation sites is 1. The van der Waals surface area contributed by atoms with Crippen LogP contribution in [-0.4, -0.2) is 9.78 Å². The summed E-state index contributed by atoms with van der Waals surface area (Å²) < 4.78 is 7.45. The average Bonchev–Trinajstić information content (AvgIpc) is 2.68. The molecule has 0 saturated carbocycles. The zero-order chi connectivity index (χ0) is 13.8. The first-order valence-corrected chi connectivity index (χ1v) is 6.26. The van der Waals surface area contributed by atoms with Gasteiger partial charge in [-0.1, -0.05) is 18.2 Å². The number of hydrogen-bond acceptors (Lipinski definition) is 3. The summed E-state index contributed by atoms with van der Waals surface area (Å²) in [7, 11) is 1.90. The van der Waals surface area contributed by atoms with E-state index < -0.39 is 0 Å². The molecule has 2 aromatic rings. The monoisotopic (exact) mass is 257 g/mol. The van der Waals surface area contributed by atoms with Crippen molar-refractivity contribution >= 4 is 6.08 Å². The quantitative estimate of drug-likeness (QED) is 0.857. The fourth-order valence-corrected chi connectivity index (χ4v) is 1.93. The average molecular weight is 257 g/mol. The van der Waals surface area contributed by atoms with Crippen molar-refractivity contribution in [2.24, 2.45) is 12.8 Å². The SMILES string of the molecule is Cc1nn(C)cc1/C=C/Oc1ccccc1C(C)N. The first-order chi connectivity index (χ1) is 9.08. The lowest BCUT2D eigenvalue weighted by Gasteiger charge is -2.10. The Labute approximate surface area is 113 Å². The molecule has 100 valence electrons. The Morgan fingerprint density at radius 2 is 2.11 bits per heavy atom. The third-order valence-corrected chi connectivity index (χ3v) is 2.90. The number of nitrogens with two attached hydrogens (primary N) is 1. The standard InChI is InChI=1S/C15H19N3O/c1-11(16)14-6-4-5-7-15(14)19-9-8-13-10-18(3)17-12(13)2/h4-11H,16H2,1-3H3/b9-8+. The summed E-state index contributed by atoms with van der Waals surface area (Å²) in [4.78, 5) is 0. The lowest BCUT2D eigenvalue weighted by molar-refractivity contribution is 0.474. The van der Waals surface area contributed by atoms with Gasteiger partial charge in [0.2, 0.25) is 0 Å². The number of benzene rings is 1. The van der Waals surface area contributed by atoms with E-state index in [-0.39, 0.29) is 6.04 Å². The van der Waals surface area contributed by atoms with E-state index in [1.165, 1.54) is 0 Å². The normalized spacial score (nSPS) is 12.8. The van der Waals surface area contributed by atoms with Crippen molar-refractivity contribution in [2.75, 3.05) is 0 Å². The highest BCUT2D eigenvalue weighted by Gasteiger charge is 2.06. The Balaban J connectivity index is 2.13. The number of hydrogen-bond donors (Lipinski definition) is 1. The third kappa shape index (κ3) is 3.23. The van der Waals surface area contributed by atoms with E-state index in [1.807, 2.05) is 57.4 Å². The summed E-state index contributed by atoms with van der Waals surface area (Å²) in [6.07, 6.45) is 5.53. The van der Waals surface area contributed by atoms with E-state index in [4.69, 9.17) is 10.5 Å². The van der Waals surface area contributed by atoms with Crippen LogP contribution in [0, 0.1) is 6.92 Å². The van der Waals surface area contributed by atoms with E-state index in [9.17, 15) is 0 Å². The van der Waals surface area contributed by atoms with E-state index in [0.717, 1.165) is 22.6 Å². The Morgan fingerprint density at radius 3 is 2.74 bits per heavy atom. The predicted octanol–water partition coefficient (Wildman–Crippen LogP) is 2.80. The van der Waals surface area contributed by atoms with E-state index >= 15 is 0 Å². The van der Waals surface area contributed by atoms with Crippen LogP contribution < -0.4 is 10.5 Å². The van der Waals surface area contributed by atoms with Crippen LogP contribution >= 0.6 is 0 Å². The number of rotatable bonds is 4. The summed E-state index contributed by atoms with van der Waals surface area (Å²) in [5.74, 6) is 0.787. The summed E-state index contributed by atoms with van der Waals surface area (Å²) in [6.45, 7) is 3.91. The highest BCUT2D eigenvalue weighted by Crippen LogP contribution is 2.23. The van der Waals surface area contributed by atoms with Crippen LogP contribution in [0.1, 0.15) is 29.8 Å². The molecule has 1 unspecified atom stereocenters. The molecular formula is C15H19N3O. The topological polar surface area (TPSA) is 53.1 Å². The minimum Gasteiger partial charge on any atom is -0.465 e. The molecule has 4 nitrogen and oxygen atoms in total. The van der Waals surface area contributed by atoms with Gasteiger partial charge in [0.15, 0.2) is 0 Å². The molecule has 0 bridgehead atoms. The molecule has 2 rings (SSSR count). The van der Waals surface area contributed by atoms with Crippen molar-refractivity contribution < 1.29 is 4.74 Å². The largest absolute Gasteiger partial charge is 0.465 e. The van der Waals surface area contributed by atoms with Crippen molar-refractivity contribution in [3.63, 3.8) is 0 Å². The maximum atomic E-state index is 5.91. The van der Waals surface area contributed by atoms with Gasteiger partial charge in [0.05, 0.1) is 12.0 Å². The summed E-state index contributed by atoms with van der Waals surface area (Å²) >= 11 is 0. The van der Waals surface area contributed by atoms with Crippen molar-refractivity contribution in [2.45, 2.75) is 19.9 Å². The van der Waals surface area contributed by atoms with E-state index in [1.54, 1.807) is 10.9 Å². The molecule has 1 aromatic heterocycles. The maximum absolute atomic E-state index is 5.91. The van der Waals surface area contributed by atoms with Crippen molar-refractivity contribution in [1.82, 2.24) is 9.78 Å². The van der Waals surface area contributed by atoms with Crippen LogP contribution in [-0.2, 0) is 7.05 Å². The molecule has 4 heteroatoms. The van der Waals surface area contributed by atoms with E-state index in [2.05, 4.69) is 5.10 Å². The lowest BCUT2D eigenvalue weighted by Crippen LogP contribution is -2.06. The van der Waals surface area contributed by atoms with Crippen molar-refractivity contribution in [3.05, 3.63) is 53.5 Å². The second-order valence-corrected chi connectivity index (χ2v) is 4.59. The van der Waals surface area contributed by atoms with Crippen LogP contribution in [0.4, 0.5) is 0 Å². The van der Waals surface area contributed by atoms with Crippen molar-refractivity contribution in [1.29, 1.82) is 0 Å². The molecule has 0 aliphatic carbocycles. The number of nitrogens with zero attached hydrogens (tertiary/aromatic N) is 2. The molecule has 1 heterocycles. The Morgan fingerprint density at radius 1 is 1.37 bits per heavy atom. The van der Waals surface area contributed by atoms with Crippen molar-refractivity contribution in [3.8, 4) is 5.75 Å². The van der Waals surface area contributed by atoms with Crippen LogP contribution in [0.25, 0.3) is 6.08 Å². The molecule has 0 amide bonds. The molecule has 0 spiro atoms. The van der Waals surface area contributed by atoms with Gasteiger partial charge in [-0.2, -0.15) is 5.10 Å². The van der Waals surface area contributed by atoms with Gasteiger partial charge in [-0.15, -0.1) is 0 Å². The Kier molecular flexibility index (Phi) is 4.02. The summed E-state index contributed by atoms with van der Waals surface area (Å²) in [5.41, 5.74) is 8.92. The number of aromatic nitrogens is 2. The van der Waals surface area contributed by atoms with Gasteiger partial charge >= 0.3 is 0 Å². The van der Waals surface area contributed by atoms with Crippen LogP contribution in [0.5, 0.6) is 5.75 Å². The van der Waals surface area contributed by atoms with Gasteiger partial charge in [0.25, 0.3) is 0 Å². The molecule has 0 fully saturated rings. The first kappa shape index (κ1) is 13.4. The Hall–Kier alpha value is -2.07. The third-order valence-electron chi connectivity index (χ3n) is 2.90. The highest BCUT2D eigenvalue weighted by atomic mass is 16.5.